The highest BCUT2D eigenvalue weighted by Crippen LogP contribution is 2.22. The predicted molar refractivity (Wildman–Crippen MR) is 135 cm³/mol. The quantitative estimate of drug-likeness (QED) is 0.362. The number of anilines is 1. The molecular weight excluding hydrogens is 446 g/mol. The van der Waals surface area contributed by atoms with Gasteiger partial charge in [-0.3, -0.25) is 24.6 Å². The number of rotatable bonds is 11. The van der Waals surface area contributed by atoms with E-state index in [1.807, 2.05) is 57.3 Å². The van der Waals surface area contributed by atoms with Crippen molar-refractivity contribution in [3.05, 3.63) is 65.9 Å². The lowest BCUT2D eigenvalue weighted by atomic mass is 9.98. The smallest absolute Gasteiger partial charge is 0.323 e. The molecule has 186 valence electrons. The highest BCUT2D eigenvalue weighted by Gasteiger charge is 2.34. The summed E-state index contributed by atoms with van der Waals surface area (Å²) >= 11 is 0. The Balaban J connectivity index is 1.93. The van der Waals surface area contributed by atoms with Crippen LogP contribution in [0.25, 0.3) is 10.9 Å². The summed E-state index contributed by atoms with van der Waals surface area (Å²) in [5.74, 6) is -2.22. The van der Waals surface area contributed by atoms with Gasteiger partial charge in [-0.2, -0.15) is 0 Å². The van der Waals surface area contributed by atoms with Crippen molar-refractivity contribution in [2.24, 2.45) is 5.92 Å². The van der Waals surface area contributed by atoms with E-state index in [1.54, 1.807) is 25.1 Å². The van der Waals surface area contributed by atoms with Gasteiger partial charge in [-0.15, -0.1) is 0 Å². The number of esters is 1. The number of nitrogens with one attached hydrogen (secondary N) is 2. The summed E-state index contributed by atoms with van der Waals surface area (Å²) < 4.78 is 5.32. The number of hydrogen-bond acceptors (Lipinski definition) is 5. The molecule has 0 fully saturated rings. The Labute approximate surface area is 205 Å². The summed E-state index contributed by atoms with van der Waals surface area (Å²) in [5.41, 5.74) is 3.27. The summed E-state index contributed by atoms with van der Waals surface area (Å²) in [6.07, 6.45) is 2.16. The number of aryl methyl sites for hydroxylation is 1. The van der Waals surface area contributed by atoms with Crippen LogP contribution in [-0.2, 0) is 25.5 Å². The molecule has 0 radical (unpaired) electrons. The molecule has 2 atom stereocenters. The highest BCUT2D eigenvalue weighted by molar-refractivity contribution is 6.01. The molecule has 0 aliphatic heterocycles. The standard InChI is InChI=1S/C27H33N3O5/c1-5-35-27(34)23(14-19-15-28-22-12-7-6-11-21(19)22)29-25(17(2)3)26(33)30(16-24(31)32)20-10-8-9-18(4)13-20/h6-13,15,17,23,25,28-29H,5,14,16H2,1-4H3,(H,31,32)/t23-,25-/m0/s1. The summed E-state index contributed by atoms with van der Waals surface area (Å²) in [7, 11) is 0. The number of nitrogens with zero attached hydrogens (tertiary/aromatic N) is 1. The molecule has 2 aromatic carbocycles. The molecule has 1 aromatic heterocycles. The van der Waals surface area contributed by atoms with E-state index in [-0.39, 0.29) is 12.5 Å². The number of carbonyl (C=O) groups excluding carboxylic acids is 2. The fourth-order valence-corrected chi connectivity index (χ4v) is 4.13. The van der Waals surface area contributed by atoms with Crippen LogP contribution in [0.3, 0.4) is 0 Å². The molecule has 0 saturated heterocycles. The average molecular weight is 480 g/mol. The fraction of sp³-hybridized carbons (Fsp3) is 0.370. The summed E-state index contributed by atoms with van der Waals surface area (Å²) in [5, 5.41) is 13.7. The van der Waals surface area contributed by atoms with Crippen LogP contribution >= 0.6 is 0 Å². The number of benzene rings is 2. The van der Waals surface area contributed by atoms with Gasteiger partial charge in [-0.1, -0.05) is 44.2 Å². The summed E-state index contributed by atoms with van der Waals surface area (Å²) in [6.45, 7) is 7.05. The van der Waals surface area contributed by atoms with Crippen molar-refractivity contribution in [3.8, 4) is 0 Å². The highest BCUT2D eigenvalue weighted by atomic mass is 16.5. The number of fused-ring (bicyclic) bond motifs is 1. The monoisotopic (exact) mass is 479 g/mol. The first kappa shape index (κ1) is 26.0. The number of para-hydroxylation sites is 1. The lowest BCUT2D eigenvalue weighted by Gasteiger charge is -2.31. The van der Waals surface area contributed by atoms with Crippen LogP contribution in [0, 0.1) is 12.8 Å². The molecule has 0 unspecified atom stereocenters. The van der Waals surface area contributed by atoms with E-state index >= 15 is 0 Å². The number of aromatic nitrogens is 1. The Hall–Kier alpha value is -3.65. The average Bonchev–Trinajstić information content (AvgIpc) is 3.22. The van der Waals surface area contributed by atoms with Gasteiger partial charge in [0.15, 0.2) is 0 Å². The van der Waals surface area contributed by atoms with Crippen LogP contribution in [-0.4, -0.2) is 53.2 Å². The third-order valence-corrected chi connectivity index (χ3v) is 5.86. The number of ether oxygens (including phenoxy) is 1. The number of carboxylic acids is 1. The number of amides is 1. The zero-order valence-electron chi connectivity index (χ0n) is 20.6. The normalized spacial score (nSPS) is 12.9. The van der Waals surface area contributed by atoms with Gasteiger partial charge in [0, 0.05) is 29.2 Å². The molecular formula is C27H33N3O5. The molecule has 8 heteroatoms. The lowest BCUT2D eigenvalue weighted by Crippen LogP contribution is -2.56. The number of hydrogen-bond donors (Lipinski definition) is 3. The zero-order valence-corrected chi connectivity index (χ0v) is 20.6. The van der Waals surface area contributed by atoms with Crippen molar-refractivity contribution >= 4 is 34.4 Å². The molecule has 0 saturated carbocycles. The molecule has 1 heterocycles. The minimum Gasteiger partial charge on any atom is -0.480 e. The Bertz CT molecular complexity index is 1190. The van der Waals surface area contributed by atoms with E-state index in [9.17, 15) is 19.5 Å². The van der Waals surface area contributed by atoms with Gasteiger partial charge in [0.05, 0.1) is 12.6 Å². The SMILES string of the molecule is CCOC(=O)[C@H](Cc1c[nH]c2ccccc12)N[C@H](C(=O)N(CC(=O)O)c1cccc(C)c1)C(C)C. The topological polar surface area (TPSA) is 112 Å². The van der Waals surface area contributed by atoms with Crippen LogP contribution in [0.4, 0.5) is 5.69 Å². The van der Waals surface area contributed by atoms with Crippen LogP contribution in [0.2, 0.25) is 0 Å². The minimum atomic E-state index is -1.12. The van der Waals surface area contributed by atoms with Crippen LogP contribution in [0.5, 0.6) is 0 Å². The Kier molecular flexibility index (Phi) is 8.65. The largest absolute Gasteiger partial charge is 0.480 e. The van der Waals surface area contributed by atoms with Crippen molar-refractivity contribution in [2.75, 3.05) is 18.1 Å². The van der Waals surface area contributed by atoms with Gasteiger partial charge in [0.25, 0.3) is 0 Å². The lowest BCUT2D eigenvalue weighted by molar-refractivity contribution is -0.146. The van der Waals surface area contributed by atoms with Gasteiger partial charge >= 0.3 is 11.9 Å². The first-order valence-electron chi connectivity index (χ1n) is 11.8. The van der Waals surface area contributed by atoms with E-state index < -0.39 is 36.5 Å². The summed E-state index contributed by atoms with van der Waals surface area (Å²) in [6, 6.07) is 13.3. The van der Waals surface area contributed by atoms with Crippen molar-refractivity contribution < 1.29 is 24.2 Å². The number of carboxylic acid groups (broad SMARTS) is 1. The molecule has 3 N–H and O–H groups in total. The van der Waals surface area contributed by atoms with Gasteiger partial charge in [-0.05, 0) is 49.1 Å². The minimum absolute atomic E-state index is 0.208. The molecule has 0 aliphatic carbocycles. The van der Waals surface area contributed by atoms with Gasteiger partial charge in [0.1, 0.15) is 12.6 Å². The van der Waals surface area contributed by atoms with E-state index in [2.05, 4.69) is 10.3 Å². The predicted octanol–water partition coefficient (Wildman–Crippen LogP) is 3.68. The Morgan fingerprint density at radius 2 is 1.86 bits per heavy atom. The maximum Gasteiger partial charge on any atom is 0.323 e. The number of aliphatic carboxylic acids is 1. The third-order valence-electron chi connectivity index (χ3n) is 5.86. The maximum atomic E-state index is 13.7. The zero-order chi connectivity index (χ0) is 25.5. The number of carbonyl (C=O) groups is 3. The molecule has 0 bridgehead atoms. The van der Waals surface area contributed by atoms with E-state index in [0.29, 0.717) is 12.1 Å². The van der Waals surface area contributed by atoms with Crippen molar-refractivity contribution in [1.29, 1.82) is 0 Å². The number of H-pyrrole nitrogens is 1. The van der Waals surface area contributed by atoms with E-state index in [1.165, 1.54) is 4.90 Å². The van der Waals surface area contributed by atoms with Crippen molar-refractivity contribution in [3.63, 3.8) is 0 Å². The second-order valence-electron chi connectivity index (χ2n) is 8.91. The van der Waals surface area contributed by atoms with Crippen LogP contribution in [0.15, 0.2) is 54.7 Å². The third kappa shape index (κ3) is 6.48. The van der Waals surface area contributed by atoms with Crippen LogP contribution < -0.4 is 10.2 Å². The van der Waals surface area contributed by atoms with Crippen LogP contribution in [0.1, 0.15) is 31.9 Å². The van der Waals surface area contributed by atoms with Crippen molar-refractivity contribution in [1.82, 2.24) is 10.3 Å². The van der Waals surface area contributed by atoms with Gasteiger partial charge in [-0.25, -0.2) is 0 Å². The maximum absolute atomic E-state index is 13.7. The second kappa shape index (κ2) is 11.7. The molecule has 0 aliphatic rings. The number of aromatic amines is 1. The molecule has 8 nitrogen and oxygen atoms in total. The molecule has 3 aromatic rings. The van der Waals surface area contributed by atoms with Crippen molar-refractivity contribution in [2.45, 2.75) is 46.2 Å². The molecule has 1 amide bonds. The van der Waals surface area contributed by atoms with E-state index in [0.717, 1.165) is 22.0 Å². The fourth-order valence-electron chi connectivity index (χ4n) is 4.13. The van der Waals surface area contributed by atoms with Gasteiger partial charge in [0.2, 0.25) is 5.91 Å². The van der Waals surface area contributed by atoms with E-state index in [4.69, 9.17) is 4.74 Å². The molecule has 0 spiro atoms. The Morgan fingerprint density at radius 3 is 2.51 bits per heavy atom. The molecule has 35 heavy (non-hydrogen) atoms. The Morgan fingerprint density at radius 1 is 1.11 bits per heavy atom. The first-order chi connectivity index (χ1) is 16.7. The molecule has 3 rings (SSSR count). The summed E-state index contributed by atoms with van der Waals surface area (Å²) in [4.78, 5) is 42.7. The first-order valence-corrected chi connectivity index (χ1v) is 11.8. The second-order valence-corrected chi connectivity index (χ2v) is 8.91. The van der Waals surface area contributed by atoms with Gasteiger partial charge < -0.3 is 14.8 Å².